The van der Waals surface area contributed by atoms with Gasteiger partial charge in [0.05, 0.1) is 0 Å². The minimum Gasteiger partial charge on any atom is -0.481 e. The maximum atomic E-state index is 12.6. The second-order valence-electron chi connectivity index (χ2n) is 14.2. The fourth-order valence-corrected chi connectivity index (χ4v) is 6.42. The zero-order valence-electron chi connectivity index (χ0n) is 31.2. The Kier molecular flexibility index (Phi) is 37.0. The van der Waals surface area contributed by atoms with Crippen LogP contribution in [-0.2, 0) is 14.3 Å². The second-order valence-corrected chi connectivity index (χ2v) is 14.2. The molecule has 0 aromatic carbocycles. The third kappa shape index (κ3) is 37.1. The molecule has 0 aliphatic carbocycles. The van der Waals surface area contributed by atoms with E-state index in [1.54, 1.807) is 0 Å². The first-order valence-corrected chi connectivity index (χ1v) is 20.7. The molecule has 4 heteroatoms. The van der Waals surface area contributed by atoms with Crippen LogP contribution in [0, 0.1) is 0 Å². The summed E-state index contributed by atoms with van der Waals surface area (Å²) in [7, 11) is 0. The summed E-state index contributed by atoms with van der Waals surface area (Å²) in [5.74, 6) is -0.647. The van der Waals surface area contributed by atoms with Gasteiger partial charge in [-0.15, -0.1) is 0 Å². The summed E-state index contributed by atoms with van der Waals surface area (Å²) in [4.78, 5) is 23.2. The summed E-state index contributed by atoms with van der Waals surface area (Å²) in [6, 6.07) is 0. The van der Waals surface area contributed by atoms with Crippen LogP contribution in [0.5, 0.6) is 0 Å². The third-order valence-electron chi connectivity index (χ3n) is 9.49. The molecule has 0 aliphatic rings. The van der Waals surface area contributed by atoms with E-state index in [-0.39, 0.29) is 12.1 Å². The molecule has 1 unspecified atom stereocenters. The largest absolute Gasteiger partial charge is 0.481 e. The molecule has 0 saturated heterocycles. The molecule has 0 spiro atoms. The number of aliphatic carboxylic acids is 1. The van der Waals surface area contributed by atoms with Crippen molar-refractivity contribution in [3.63, 3.8) is 0 Å². The van der Waals surface area contributed by atoms with Gasteiger partial charge in [-0.05, 0) is 64.2 Å². The predicted molar refractivity (Wildman–Crippen MR) is 200 cm³/mol. The van der Waals surface area contributed by atoms with Crippen LogP contribution in [0.15, 0.2) is 12.2 Å². The van der Waals surface area contributed by atoms with Crippen molar-refractivity contribution in [1.82, 2.24) is 0 Å². The van der Waals surface area contributed by atoms with Crippen LogP contribution in [0.2, 0.25) is 0 Å². The number of carbonyl (C=O) groups excluding carboxylic acids is 1. The second kappa shape index (κ2) is 38.1. The molecule has 1 atom stereocenters. The Hall–Kier alpha value is -1.32. The van der Waals surface area contributed by atoms with Gasteiger partial charge in [-0.25, -0.2) is 0 Å². The fourth-order valence-electron chi connectivity index (χ4n) is 6.42. The Balaban J connectivity index is 3.80. The molecular weight excluding hydrogens is 568 g/mol. The molecule has 0 aromatic rings. The maximum Gasteiger partial charge on any atom is 0.306 e. The maximum absolute atomic E-state index is 12.6. The highest BCUT2D eigenvalue weighted by atomic mass is 16.5. The summed E-state index contributed by atoms with van der Waals surface area (Å²) in [5, 5.41) is 8.72. The fraction of sp³-hybridized carbons (Fsp3) is 0.905. The minimum atomic E-state index is -0.677. The Labute approximate surface area is 287 Å². The molecule has 1 N–H and O–H groups in total. The third-order valence-corrected chi connectivity index (χ3v) is 9.49. The van der Waals surface area contributed by atoms with E-state index in [0.717, 1.165) is 51.4 Å². The van der Waals surface area contributed by atoms with Crippen molar-refractivity contribution >= 4 is 11.9 Å². The molecule has 0 fully saturated rings. The van der Waals surface area contributed by atoms with Crippen molar-refractivity contribution in [2.75, 3.05) is 0 Å². The van der Waals surface area contributed by atoms with Crippen LogP contribution in [-0.4, -0.2) is 23.1 Å². The van der Waals surface area contributed by atoms with Gasteiger partial charge in [-0.3, -0.25) is 9.59 Å². The number of ether oxygens (including phenoxy) is 1. The number of hydrogen-bond acceptors (Lipinski definition) is 3. The van der Waals surface area contributed by atoms with E-state index in [2.05, 4.69) is 26.0 Å². The number of rotatable bonds is 38. The van der Waals surface area contributed by atoms with Gasteiger partial charge in [-0.2, -0.15) is 0 Å². The summed E-state index contributed by atoms with van der Waals surface area (Å²) in [6.45, 7) is 4.53. The number of esters is 1. The van der Waals surface area contributed by atoms with E-state index in [4.69, 9.17) is 9.84 Å². The van der Waals surface area contributed by atoms with Crippen molar-refractivity contribution < 1.29 is 19.4 Å². The lowest BCUT2D eigenvalue weighted by Crippen LogP contribution is -2.18. The lowest BCUT2D eigenvalue weighted by Gasteiger charge is -2.18. The van der Waals surface area contributed by atoms with Gasteiger partial charge in [-0.1, -0.05) is 174 Å². The Morgan fingerprint density at radius 3 is 1.17 bits per heavy atom. The van der Waals surface area contributed by atoms with Crippen LogP contribution >= 0.6 is 0 Å². The van der Waals surface area contributed by atoms with Gasteiger partial charge < -0.3 is 9.84 Å². The van der Waals surface area contributed by atoms with Crippen molar-refractivity contribution in [1.29, 1.82) is 0 Å². The Morgan fingerprint density at radius 2 is 0.783 bits per heavy atom. The van der Waals surface area contributed by atoms with Gasteiger partial charge in [0.1, 0.15) is 6.10 Å². The first kappa shape index (κ1) is 44.7. The number of carboxylic acid groups (broad SMARTS) is 1. The molecule has 0 saturated carbocycles. The molecule has 0 amide bonds. The number of unbranched alkanes of at least 4 members (excludes halogenated alkanes) is 27. The Morgan fingerprint density at radius 1 is 0.457 bits per heavy atom. The van der Waals surface area contributed by atoms with Crippen LogP contribution in [0.1, 0.15) is 239 Å². The average Bonchev–Trinajstić information content (AvgIpc) is 3.04. The molecule has 0 rings (SSSR count). The highest BCUT2D eigenvalue weighted by Crippen LogP contribution is 2.19. The average molecular weight is 649 g/mol. The van der Waals surface area contributed by atoms with Crippen LogP contribution in [0.3, 0.4) is 0 Å². The summed E-state index contributed by atoms with van der Waals surface area (Å²) in [5.41, 5.74) is 0. The minimum absolute atomic E-state index is 0.0301. The molecule has 46 heavy (non-hydrogen) atoms. The molecular formula is C42H80O4. The van der Waals surface area contributed by atoms with Gasteiger partial charge in [0.2, 0.25) is 0 Å². The summed E-state index contributed by atoms with van der Waals surface area (Å²) in [6.07, 6.45) is 46.8. The number of carbonyl (C=O) groups is 2. The smallest absolute Gasteiger partial charge is 0.306 e. The van der Waals surface area contributed by atoms with E-state index in [1.807, 2.05) is 0 Å². The van der Waals surface area contributed by atoms with Crippen molar-refractivity contribution in [3.8, 4) is 0 Å². The Bertz CT molecular complexity index is 658. The van der Waals surface area contributed by atoms with Crippen LogP contribution in [0.25, 0.3) is 0 Å². The van der Waals surface area contributed by atoms with E-state index < -0.39 is 5.97 Å². The normalized spacial score (nSPS) is 12.2. The highest BCUT2D eigenvalue weighted by molar-refractivity contribution is 5.69. The molecule has 0 radical (unpaired) electrons. The molecule has 0 aromatic heterocycles. The molecule has 0 aliphatic heterocycles. The van der Waals surface area contributed by atoms with Crippen molar-refractivity contribution in [2.24, 2.45) is 0 Å². The molecule has 4 nitrogen and oxygen atoms in total. The first-order valence-electron chi connectivity index (χ1n) is 20.7. The van der Waals surface area contributed by atoms with Crippen LogP contribution in [0.4, 0.5) is 0 Å². The van der Waals surface area contributed by atoms with Crippen molar-refractivity contribution in [3.05, 3.63) is 12.2 Å². The molecule has 0 heterocycles. The monoisotopic (exact) mass is 649 g/mol. The predicted octanol–water partition coefficient (Wildman–Crippen LogP) is 14.2. The summed E-state index contributed by atoms with van der Waals surface area (Å²) < 4.78 is 6.01. The SMILES string of the molecule is CCCCCCCC/C=C\CCCCCCCCCCCC(=O)OC(CCCCCCC)CCCCCCCCCCCC(=O)O. The zero-order chi connectivity index (χ0) is 33.6. The number of carboxylic acids is 1. The van der Waals surface area contributed by atoms with Crippen LogP contribution < -0.4 is 0 Å². The number of hydrogen-bond donors (Lipinski definition) is 1. The van der Waals surface area contributed by atoms with Gasteiger partial charge in [0, 0.05) is 12.8 Å². The van der Waals surface area contributed by atoms with Gasteiger partial charge >= 0.3 is 11.9 Å². The lowest BCUT2D eigenvalue weighted by atomic mass is 10.0. The van der Waals surface area contributed by atoms with Gasteiger partial charge in [0.25, 0.3) is 0 Å². The van der Waals surface area contributed by atoms with E-state index >= 15 is 0 Å². The standard InChI is InChI=1S/C42H80O4/c1-3-5-7-9-10-11-12-13-14-15-16-17-18-19-20-24-27-31-35-39-42(45)46-40(36-32-28-8-6-4-2)37-33-29-25-22-21-23-26-30-34-38-41(43)44/h13-14,40H,3-12,15-39H2,1-2H3,(H,43,44)/b14-13-. The highest BCUT2D eigenvalue weighted by Gasteiger charge is 2.14. The lowest BCUT2D eigenvalue weighted by molar-refractivity contribution is -0.150. The van der Waals surface area contributed by atoms with Gasteiger partial charge in [0.15, 0.2) is 0 Å². The quantitative estimate of drug-likeness (QED) is 0.0411. The first-order chi connectivity index (χ1) is 22.6. The van der Waals surface area contributed by atoms with E-state index in [9.17, 15) is 9.59 Å². The molecule has 272 valence electrons. The van der Waals surface area contributed by atoms with E-state index in [1.165, 1.54) is 161 Å². The topological polar surface area (TPSA) is 63.6 Å². The summed E-state index contributed by atoms with van der Waals surface area (Å²) >= 11 is 0. The zero-order valence-corrected chi connectivity index (χ0v) is 31.2. The number of allylic oxidation sites excluding steroid dienone is 2. The van der Waals surface area contributed by atoms with Crippen molar-refractivity contribution in [2.45, 2.75) is 245 Å². The molecule has 0 bridgehead atoms. The van der Waals surface area contributed by atoms with E-state index in [0.29, 0.717) is 12.8 Å².